The van der Waals surface area contributed by atoms with E-state index >= 15 is 0 Å². The van der Waals surface area contributed by atoms with Crippen molar-refractivity contribution in [1.82, 2.24) is 19.8 Å². The van der Waals surface area contributed by atoms with E-state index in [-0.39, 0.29) is 23.0 Å². The molecule has 0 spiro atoms. The van der Waals surface area contributed by atoms with E-state index in [2.05, 4.69) is 15.2 Å². The van der Waals surface area contributed by atoms with Gasteiger partial charge in [0, 0.05) is 31.4 Å². The number of nitrogens with one attached hydrogen (secondary N) is 1. The van der Waals surface area contributed by atoms with Gasteiger partial charge in [0.25, 0.3) is 0 Å². The highest BCUT2D eigenvalue weighted by atomic mass is 19.1. The minimum absolute atomic E-state index is 0.00344. The van der Waals surface area contributed by atoms with Crippen LogP contribution in [-0.4, -0.2) is 51.2 Å². The largest absolute Gasteiger partial charge is 0.477 e. The second-order valence-corrected chi connectivity index (χ2v) is 7.12. The molecule has 2 aliphatic heterocycles. The van der Waals surface area contributed by atoms with Crippen molar-refractivity contribution in [2.24, 2.45) is 0 Å². The Morgan fingerprint density at radius 3 is 2.92 bits per heavy atom. The van der Waals surface area contributed by atoms with Crippen molar-refractivity contribution < 1.29 is 14.3 Å². The lowest BCUT2D eigenvalue weighted by molar-refractivity contribution is 0.0695. The zero-order valence-corrected chi connectivity index (χ0v) is 14.7. The number of likely N-dealkylation sites (tertiary alicyclic amines) is 1. The smallest absolute Gasteiger partial charge is 0.341 e. The van der Waals surface area contributed by atoms with Crippen molar-refractivity contribution in [3.8, 4) is 0 Å². The van der Waals surface area contributed by atoms with Gasteiger partial charge < -0.3 is 15.0 Å². The molecule has 0 aliphatic carbocycles. The highest BCUT2D eigenvalue weighted by molar-refractivity contribution is 5.91. The fraction of sp³-hybridized carbons (Fsp3) is 0.500. The Bertz CT molecular complexity index is 958. The van der Waals surface area contributed by atoms with Crippen LogP contribution < -0.4 is 10.7 Å². The van der Waals surface area contributed by atoms with Crippen molar-refractivity contribution in [2.45, 2.75) is 44.4 Å². The van der Waals surface area contributed by atoms with E-state index in [1.165, 1.54) is 6.20 Å². The van der Waals surface area contributed by atoms with E-state index in [1.54, 1.807) is 4.57 Å². The van der Waals surface area contributed by atoms with Crippen LogP contribution in [0.5, 0.6) is 0 Å². The van der Waals surface area contributed by atoms with E-state index in [1.807, 2.05) is 14.0 Å². The molecule has 4 rings (SSSR count). The maximum atomic E-state index is 14.9. The van der Waals surface area contributed by atoms with Gasteiger partial charge in [-0.1, -0.05) is 0 Å². The van der Waals surface area contributed by atoms with Gasteiger partial charge in [-0.25, -0.2) is 14.2 Å². The van der Waals surface area contributed by atoms with Crippen LogP contribution in [0.4, 0.5) is 4.39 Å². The number of aromatic carboxylic acids is 1. The molecular formula is C18H21FN4O3. The third kappa shape index (κ3) is 2.52. The Labute approximate surface area is 149 Å². The van der Waals surface area contributed by atoms with Gasteiger partial charge in [0.1, 0.15) is 17.0 Å². The normalized spacial score (nSPS) is 25.7. The first kappa shape index (κ1) is 17.1. The number of carbonyl (C=O) groups is 1. The summed E-state index contributed by atoms with van der Waals surface area (Å²) in [6.07, 6.45) is 3.30. The maximum absolute atomic E-state index is 14.9. The number of rotatable bonds is 3. The van der Waals surface area contributed by atoms with Gasteiger partial charge in [-0.2, -0.15) is 0 Å². The molecule has 2 aromatic rings. The van der Waals surface area contributed by atoms with Gasteiger partial charge >= 0.3 is 5.97 Å². The molecule has 7 nitrogen and oxygen atoms in total. The molecule has 2 fully saturated rings. The summed E-state index contributed by atoms with van der Waals surface area (Å²) in [5.74, 6) is -1.89. The van der Waals surface area contributed by atoms with Crippen LogP contribution in [0.2, 0.25) is 0 Å². The molecule has 0 amide bonds. The van der Waals surface area contributed by atoms with Gasteiger partial charge in [-0.15, -0.1) is 0 Å². The fourth-order valence-corrected chi connectivity index (χ4v) is 4.31. The molecule has 4 heterocycles. The number of nitrogens with zero attached hydrogens (tertiary/aromatic N) is 3. The van der Waals surface area contributed by atoms with Gasteiger partial charge in [-0.3, -0.25) is 9.69 Å². The number of carboxylic acids is 1. The Kier molecular flexibility index (Phi) is 4.04. The first-order valence-corrected chi connectivity index (χ1v) is 8.83. The number of hydrogen-bond donors (Lipinski definition) is 2. The molecule has 2 aliphatic rings. The Morgan fingerprint density at radius 2 is 2.23 bits per heavy atom. The number of likely N-dealkylation sites (N-methyl/N-ethyl adjacent to an activating group) is 1. The standard InChI is InChI=1S/C18H21FN4O3/c1-3-23-8-11(18(25)26)16(24)10-6-12(19)14(21-17(10)23)15-13-5-4-9(20-13)7-22(15)2/h6,8-9,13,15,20H,3-5,7H2,1-2H3,(H,25,26). The summed E-state index contributed by atoms with van der Waals surface area (Å²) in [7, 11) is 1.96. The number of fused-ring (bicyclic) bond motifs is 3. The lowest BCUT2D eigenvalue weighted by Crippen LogP contribution is -2.51. The molecule has 0 radical (unpaired) electrons. The van der Waals surface area contributed by atoms with Crippen LogP contribution in [0.15, 0.2) is 17.1 Å². The van der Waals surface area contributed by atoms with Crippen molar-refractivity contribution in [3.05, 3.63) is 39.6 Å². The maximum Gasteiger partial charge on any atom is 0.341 e. The topological polar surface area (TPSA) is 87.5 Å². The Morgan fingerprint density at radius 1 is 1.46 bits per heavy atom. The summed E-state index contributed by atoms with van der Waals surface area (Å²) in [6.45, 7) is 3.08. The molecule has 0 saturated carbocycles. The van der Waals surface area contributed by atoms with Gasteiger partial charge in [0.05, 0.1) is 17.1 Å². The van der Waals surface area contributed by atoms with Crippen LogP contribution in [0.25, 0.3) is 11.0 Å². The number of hydrogen-bond acceptors (Lipinski definition) is 5. The summed E-state index contributed by atoms with van der Waals surface area (Å²) in [6, 6.07) is 1.49. The van der Waals surface area contributed by atoms with Crippen LogP contribution in [0, 0.1) is 5.82 Å². The van der Waals surface area contributed by atoms with Gasteiger partial charge in [-0.05, 0) is 32.9 Å². The quantitative estimate of drug-likeness (QED) is 0.859. The van der Waals surface area contributed by atoms with Crippen LogP contribution in [0.1, 0.15) is 41.9 Å². The molecule has 138 valence electrons. The third-order valence-corrected chi connectivity index (χ3v) is 5.52. The minimum Gasteiger partial charge on any atom is -0.477 e. The number of aromatic nitrogens is 2. The van der Waals surface area contributed by atoms with Gasteiger partial charge in [0.15, 0.2) is 0 Å². The summed E-state index contributed by atoms with van der Waals surface area (Å²) in [5, 5.41) is 12.8. The predicted molar refractivity (Wildman–Crippen MR) is 93.9 cm³/mol. The van der Waals surface area contributed by atoms with E-state index in [0.29, 0.717) is 23.9 Å². The van der Waals surface area contributed by atoms with Crippen molar-refractivity contribution >= 4 is 17.0 Å². The number of pyridine rings is 2. The Balaban J connectivity index is 1.93. The lowest BCUT2D eigenvalue weighted by Gasteiger charge is -2.38. The summed E-state index contributed by atoms with van der Waals surface area (Å²) >= 11 is 0. The average Bonchev–Trinajstić information content (AvgIpc) is 2.98. The van der Waals surface area contributed by atoms with Crippen LogP contribution in [0.3, 0.4) is 0 Å². The zero-order chi connectivity index (χ0) is 18.6. The van der Waals surface area contributed by atoms with Crippen molar-refractivity contribution in [1.29, 1.82) is 0 Å². The van der Waals surface area contributed by atoms with Gasteiger partial charge in [0.2, 0.25) is 5.43 Å². The third-order valence-electron chi connectivity index (χ3n) is 5.52. The second-order valence-electron chi connectivity index (χ2n) is 7.12. The van der Waals surface area contributed by atoms with E-state index in [9.17, 15) is 19.1 Å². The molecule has 3 unspecified atom stereocenters. The van der Waals surface area contributed by atoms with E-state index in [4.69, 9.17) is 0 Å². The monoisotopic (exact) mass is 360 g/mol. The first-order chi connectivity index (χ1) is 12.4. The highest BCUT2D eigenvalue weighted by Gasteiger charge is 2.41. The number of carboxylic acid groups (broad SMARTS) is 1. The molecule has 2 saturated heterocycles. The summed E-state index contributed by atoms with van der Waals surface area (Å²) in [5.41, 5.74) is -0.440. The second kappa shape index (κ2) is 6.14. The molecule has 26 heavy (non-hydrogen) atoms. The molecule has 2 N–H and O–H groups in total. The van der Waals surface area contributed by atoms with Crippen molar-refractivity contribution in [2.75, 3.05) is 13.6 Å². The molecule has 2 aromatic heterocycles. The molecule has 2 bridgehead atoms. The van der Waals surface area contributed by atoms with Crippen LogP contribution >= 0.6 is 0 Å². The van der Waals surface area contributed by atoms with E-state index < -0.39 is 17.2 Å². The zero-order valence-electron chi connectivity index (χ0n) is 14.7. The fourth-order valence-electron chi connectivity index (χ4n) is 4.31. The Hall–Kier alpha value is -2.32. The SMILES string of the molecule is CCn1cc(C(=O)O)c(=O)c2cc(F)c(C3C4CCC(CN3C)N4)nc21. The highest BCUT2D eigenvalue weighted by Crippen LogP contribution is 2.35. The molecule has 8 heteroatoms. The lowest BCUT2D eigenvalue weighted by atomic mass is 10.00. The molecular weight excluding hydrogens is 339 g/mol. The van der Waals surface area contributed by atoms with Crippen LogP contribution in [-0.2, 0) is 6.54 Å². The molecule has 0 aromatic carbocycles. The predicted octanol–water partition coefficient (Wildman–Crippen LogP) is 1.36. The minimum atomic E-state index is -1.32. The summed E-state index contributed by atoms with van der Waals surface area (Å²) < 4.78 is 16.5. The average molecular weight is 360 g/mol. The number of aryl methyl sites for hydroxylation is 1. The first-order valence-electron chi connectivity index (χ1n) is 8.83. The summed E-state index contributed by atoms with van der Waals surface area (Å²) in [4.78, 5) is 30.4. The van der Waals surface area contributed by atoms with E-state index in [0.717, 1.165) is 25.5 Å². The van der Waals surface area contributed by atoms with Crippen molar-refractivity contribution in [3.63, 3.8) is 0 Å². The molecule has 3 atom stereocenters. The number of piperazine rings is 1. The number of halogens is 1.